The van der Waals surface area contributed by atoms with Crippen LogP contribution >= 0.6 is 12.2 Å². The van der Waals surface area contributed by atoms with Crippen LogP contribution in [0.2, 0.25) is 0 Å². The predicted octanol–water partition coefficient (Wildman–Crippen LogP) is 2.69. The van der Waals surface area contributed by atoms with E-state index >= 15 is 0 Å². The maximum absolute atomic E-state index is 13.6. The van der Waals surface area contributed by atoms with E-state index in [1.165, 1.54) is 6.07 Å². The molecule has 0 saturated carbocycles. The zero-order chi connectivity index (χ0) is 13.4. The van der Waals surface area contributed by atoms with Crippen molar-refractivity contribution in [3.8, 4) is 0 Å². The summed E-state index contributed by atoms with van der Waals surface area (Å²) in [6.45, 7) is 1.60. The summed E-state index contributed by atoms with van der Waals surface area (Å²) < 4.78 is 18.5. The molecule has 0 saturated heterocycles. The van der Waals surface area contributed by atoms with Gasteiger partial charge in [0.1, 0.15) is 10.8 Å². The van der Waals surface area contributed by atoms with Crippen molar-refractivity contribution in [1.29, 1.82) is 0 Å². The molecule has 1 rings (SSSR count). The number of hydrogen-bond donors (Lipinski definition) is 2. The van der Waals surface area contributed by atoms with Gasteiger partial charge in [0.25, 0.3) is 0 Å². The normalized spacial score (nSPS) is 10.3. The highest BCUT2D eigenvalue weighted by atomic mass is 32.1. The standard InChI is InChI=1S/C13H19FN2OS/c1-17-8-4-2-3-7-16-10-5-6-11(13(15)18)12(14)9-10/h5-6,9,16H,2-4,7-8H2,1H3,(H2,15,18). The summed E-state index contributed by atoms with van der Waals surface area (Å²) in [6, 6.07) is 4.81. The molecule has 18 heavy (non-hydrogen) atoms. The monoisotopic (exact) mass is 270 g/mol. The number of thiocarbonyl (C=S) groups is 1. The van der Waals surface area contributed by atoms with Gasteiger partial charge in [-0.1, -0.05) is 12.2 Å². The highest BCUT2D eigenvalue weighted by Crippen LogP contribution is 2.14. The Morgan fingerprint density at radius 3 is 2.78 bits per heavy atom. The van der Waals surface area contributed by atoms with Crippen LogP contribution in [0.15, 0.2) is 18.2 Å². The third kappa shape index (κ3) is 4.98. The van der Waals surface area contributed by atoms with Crippen molar-refractivity contribution in [1.82, 2.24) is 0 Å². The molecular formula is C13H19FN2OS. The predicted molar refractivity (Wildman–Crippen MR) is 76.5 cm³/mol. The minimum Gasteiger partial charge on any atom is -0.389 e. The van der Waals surface area contributed by atoms with E-state index < -0.39 is 0 Å². The van der Waals surface area contributed by atoms with E-state index in [1.54, 1.807) is 19.2 Å². The fraction of sp³-hybridized carbons (Fsp3) is 0.462. The lowest BCUT2D eigenvalue weighted by Crippen LogP contribution is -2.12. The number of rotatable bonds is 8. The molecule has 0 radical (unpaired) electrons. The quantitative estimate of drug-likeness (QED) is 0.563. The Labute approximate surface area is 113 Å². The molecule has 0 atom stereocenters. The van der Waals surface area contributed by atoms with Gasteiger partial charge in [-0.3, -0.25) is 0 Å². The van der Waals surface area contributed by atoms with Crippen molar-refractivity contribution < 1.29 is 9.13 Å². The molecule has 0 fully saturated rings. The number of methoxy groups -OCH3 is 1. The SMILES string of the molecule is COCCCCCNc1ccc(C(N)=S)c(F)c1. The molecule has 0 amide bonds. The Kier molecular flexibility index (Phi) is 6.60. The minimum absolute atomic E-state index is 0.0821. The fourth-order valence-corrected chi connectivity index (χ4v) is 1.77. The molecule has 0 aromatic heterocycles. The van der Waals surface area contributed by atoms with Gasteiger partial charge in [0.2, 0.25) is 0 Å². The van der Waals surface area contributed by atoms with E-state index in [2.05, 4.69) is 5.32 Å². The number of unbranched alkanes of at least 4 members (excludes halogenated alkanes) is 2. The molecular weight excluding hydrogens is 251 g/mol. The first-order chi connectivity index (χ1) is 8.65. The van der Waals surface area contributed by atoms with Crippen LogP contribution in [0.3, 0.4) is 0 Å². The maximum atomic E-state index is 13.6. The molecule has 0 aliphatic rings. The number of ether oxygens (including phenoxy) is 1. The van der Waals surface area contributed by atoms with Crippen LogP contribution in [-0.4, -0.2) is 25.2 Å². The van der Waals surface area contributed by atoms with Gasteiger partial charge in [-0.2, -0.15) is 0 Å². The van der Waals surface area contributed by atoms with Gasteiger partial charge in [0.15, 0.2) is 0 Å². The summed E-state index contributed by atoms with van der Waals surface area (Å²) in [7, 11) is 1.70. The number of nitrogens with two attached hydrogens (primary N) is 1. The van der Waals surface area contributed by atoms with E-state index in [4.69, 9.17) is 22.7 Å². The summed E-state index contributed by atoms with van der Waals surface area (Å²) in [4.78, 5) is 0.0821. The third-order valence-electron chi connectivity index (χ3n) is 2.59. The molecule has 1 aromatic carbocycles. The van der Waals surface area contributed by atoms with Crippen molar-refractivity contribution in [2.75, 3.05) is 25.6 Å². The van der Waals surface area contributed by atoms with Crippen molar-refractivity contribution >= 4 is 22.9 Å². The average molecular weight is 270 g/mol. The van der Waals surface area contributed by atoms with Crippen LogP contribution in [0.5, 0.6) is 0 Å². The van der Waals surface area contributed by atoms with Gasteiger partial charge in [-0.25, -0.2) is 4.39 Å². The van der Waals surface area contributed by atoms with Crippen molar-refractivity contribution in [3.63, 3.8) is 0 Å². The maximum Gasteiger partial charge on any atom is 0.135 e. The summed E-state index contributed by atoms with van der Waals surface area (Å²) in [5, 5.41) is 3.16. The Morgan fingerprint density at radius 2 is 2.17 bits per heavy atom. The first-order valence-electron chi connectivity index (χ1n) is 5.97. The summed E-state index contributed by atoms with van der Waals surface area (Å²) in [5.41, 5.74) is 6.43. The van der Waals surface area contributed by atoms with Gasteiger partial charge < -0.3 is 15.8 Å². The van der Waals surface area contributed by atoms with E-state index in [1.807, 2.05) is 0 Å². The van der Waals surface area contributed by atoms with Crippen molar-refractivity contribution in [2.24, 2.45) is 5.73 Å². The van der Waals surface area contributed by atoms with Crippen LogP contribution in [0.25, 0.3) is 0 Å². The minimum atomic E-state index is -0.383. The van der Waals surface area contributed by atoms with Gasteiger partial charge in [-0.15, -0.1) is 0 Å². The first kappa shape index (κ1) is 14.9. The lowest BCUT2D eigenvalue weighted by Gasteiger charge is -2.08. The molecule has 0 bridgehead atoms. The first-order valence-corrected chi connectivity index (χ1v) is 6.38. The Bertz CT molecular complexity index is 399. The molecule has 100 valence electrons. The summed E-state index contributed by atoms with van der Waals surface area (Å²) in [6.07, 6.45) is 3.17. The second-order valence-electron chi connectivity index (χ2n) is 4.04. The number of nitrogens with one attached hydrogen (secondary N) is 1. The van der Waals surface area contributed by atoms with Crippen LogP contribution in [0.1, 0.15) is 24.8 Å². The number of anilines is 1. The summed E-state index contributed by atoms with van der Waals surface area (Å²) in [5.74, 6) is -0.383. The zero-order valence-electron chi connectivity index (χ0n) is 10.5. The van der Waals surface area contributed by atoms with Crippen LogP contribution < -0.4 is 11.1 Å². The van der Waals surface area contributed by atoms with Gasteiger partial charge >= 0.3 is 0 Å². The van der Waals surface area contributed by atoms with E-state index in [0.717, 1.165) is 38.1 Å². The number of benzene rings is 1. The molecule has 0 unspecified atom stereocenters. The lowest BCUT2D eigenvalue weighted by molar-refractivity contribution is 0.192. The molecule has 1 aromatic rings. The third-order valence-corrected chi connectivity index (χ3v) is 2.81. The largest absolute Gasteiger partial charge is 0.389 e. The molecule has 0 aliphatic heterocycles. The molecule has 0 heterocycles. The fourth-order valence-electron chi connectivity index (χ4n) is 1.61. The van der Waals surface area contributed by atoms with Crippen molar-refractivity contribution in [2.45, 2.75) is 19.3 Å². The number of hydrogen-bond acceptors (Lipinski definition) is 3. The highest BCUT2D eigenvalue weighted by Gasteiger charge is 2.05. The van der Waals surface area contributed by atoms with Crippen molar-refractivity contribution in [3.05, 3.63) is 29.6 Å². The average Bonchev–Trinajstić information content (AvgIpc) is 2.33. The molecule has 3 N–H and O–H groups in total. The van der Waals surface area contributed by atoms with E-state index in [-0.39, 0.29) is 16.4 Å². The molecule has 5 heteroatoms. The van der Waals surface area contributed by atoms with Crippen LogP contribution in [0, 0.1) is 5.82 Å². The smallest absolute Gasteiger partial charge is 0.135 e. The van der Waals surface area contributed by atoms with Gasteiger partial charge in [0.05, 0.1) is 0 Å². The van der Waals surface area contributed by atoms with E-state index in [0.29, 0.717) is 0 Å². The Morgan fingerprint density at radius 1 is 1.39 bits per heavy atom. The lowest BCUT2D eigenvalue weighted by atomic mass is 10.2. The summed E-state index contributed by atoms with van der Waals surface area (Å²) >= 11 is 4.75. The Balaban J connectivity index is 2.35. The number of halogens is 1. The van der Waals surface area contributed by atoms with Crippen LogP contribution in [-0.2, 0) is 4.74 Å². The second-order valence-corrected chi connectivity index (χ2v) is 4.48. The molecule has 0 aliphatic carbocycles. The molecule has 3 nitrogen and oxygen atoms in total. The topological polar surface area (TPSA) is 47.3 Å². The Hall–Kier alpha value is -1.20. The second kappa shape index (κ2) is 8.00. The zero-order valence-corrected chi connectivity index (χ0v) is 11.4. The highest BCUT2D eigenvalue weighted by molar-refractivity contribution is 7.80. The van der Waals surface area contributed by atoms with E-state index in [9.17, 15) is 4.39 Å². The van der Waals surface area contributed by atoms with Crippen LogP contribution in [0.4, 0.5) is 10.1 Å². The molecule has 0 spiro atoms. The van der Waals surface area contributed by atoms with Gasteiger partial charge in [0, 0.05) is 31.5 Å². The van der Waals surface area contributed by atoms with Gasteiger partial charge in [-0.05, 0) is 37.5 Å².